The summed E-state index contributed by atoms with van der Waals surface area (Å²) in [5, 5.41) is 1.29. The molecule has 0 saturated carbocycles. The van der Waals surface area contributed by atoms with Gasteiger partial charge in [0.1, 0.15) is 0 Å². The lowest BCUT2D eigenvalue weighted by atomic mass is 9.68. The van der Waals surface area contributed by atoms with Crippen molar-refractivity contribution in [1.82, 2.24) is 14.4 Å². The molecule has 3 saturated heterocycles. The van der Waals surface area contributed by atoms with Gasteiger partial charge in [-0.15, -0.1) is 0 Å². The molecule has 3 aliphatic heterocycles. The number of aryl methyl sites for hydroxylation is 2. The summed E-state index contributed by atoms with van der Waals surface area (Å²) in [6.45, 7) is 3.42. The number of aromatic nitrogens is 1. The van der Waals surface area contributed by atoms with E-state index in [4.69, 9.17) is 0 Å². The molecule has 1 amide bonds. The SMILES string of the molecule is Cn1cc(CCC(=O)N2CCCC3=C[C@@H]4C[C@@H](CN5CCCC[C@H]45)[C@@H]32)c2ccccc21. The van der Waals surface area contributed by atoms with Gasteiger partial charge in [-0.2, -0.15) is 0 Å². The van der Waals surface area contributed by atoms with E-state index in [0.29, 0.717) is 24.3 Å². The van der Waals surface area contributed by atoms with Crippen molar-refractivity contribution < 1.29 is 4.79 Å². The molecule has 4 nitrogen and oxygen atoms in total. The predicted octanol–water partition coefficient (Wildman–Crippen LogP) is 4.53. The highest BCUT2D eigenvalue weighted by Crippen LogP contribution is 2.45. The van der Waals surface area contributed by atoms with Crippen LogP contribution in [0.3, 0.4) is 0 Å². The van der Waals surface area contributed by atoms with E-state index in [2.05, 4.69) is 58.0 Å². The Kier molecular flexibility index (Phi) is 4.94. The van der Waals surface area contributed by atoms with Crippen LogP contribution in [0.25, 0.3) is 10.9 Å². The zero-order valence-electron chi connectivity index (χ0n) is 18.8. The molecule has 4 aliphatic rings. The Labute approximate surface area is 185 Å². The molecule has 1 aromatic carbocycles. The molecule has 4 atom stereocenters. The fourth-order valence-corrected chi connectivity index (χ4v) is 7.26. The normalized spacial score (nSPS) is 30.6. The van der Waals surface area contributed by atoms with Crippen molar-refractivity contribution in [3.05, 3.63) is 47.7 Å². The van der Waals surface area contributed by atoms with Gasteiger partial charge in [0.05, 0.1) is 6.04 Å². The molecule has 1 aromatic heterocycles. The van der Waals surface area contributed by atoms with Crippen molar-refractivity contribution in [1.29, 1.82) is 0 Å². The van der Waals surface area contributed by atoms with E-state index in [1.54, 1.807) is 5.57 Å². The van der Waals surface area contributed by atoms with Crippen LogP contribution in [0, 0.1) is 11.8 Å². The predicted molar refractivity (Wildman–Crippen MR) is 125 cm³/mol. The lowest BCUT2D eigenvalue weighted by Gasteiger charge is -2.54. The van der Waals surface area contributed by atoms with Gasteiger partial charge in [-0.25, -0.2) is 0 Å². The van der Waals surface area contributed by atoms with Crippen LogP contribution in [-0.2, 0) is 18.3 Å². The molecule has 2 aromatic rings. The molecule has 0 radical (unpaired) electrons. The molecule has 0 spiro atoms. The highest BCUT2D eigenvalue weighted by atomic mass is 16.2. The number of hydrogen-bond acceptors (Lipinski definition) is 2. The number of carbonyl (C=O) groups is 1. The summed E-state index contributed by atoms with van der Waals surface area (Å²) in [5.74, 6) is 1.74. The summed E-state index contributed by atoms with van der Waals surface area (Å²) in [7, 11) is 2.10. The molecule has 164 valence electrons. The summed E-state index contributed by atoms with van der Waals surface area (Å²) in [6, 6.07) is 9.69. The van der Waals surface area contributed by atoms with Gasteiger partial charge in [0.2, 0.25) is 5.91 Å². The average Bonchev–Trinajstić information content (AvgIpc) is 3.13. The second-order valence-electron chi connectivity index (χ2n) is 10.4. The van der Waals surface area contributed by atoms with Gasteiger partial charge in [0, 0.05) is 49.7 Å². The molecule has 6 rings (SSSR count). The van der Waals surface area contributed by atoms with Gasteiger partial charge >= 0.3 is 0 Å². The fourth-order valence-electron chi connectivity index (χ4n) is 7.26. The van der Waals surface area contributed by atoms with Crippen LogP contribution in [0.2, 0.25) is 0 Å². The monoisotopic (exact) mass is 417 g/mol. The third-order valence-corrected chi connectivity index (χ3v) is 8.57. The van der Waals surface area contributed by atoms with Gasteiger partial charge in [-0.1, -0.05) is 36.3 Å². The first-order valence-corrected chi connectivity index (χ1v) is 12.5. The van der Waals surface area contributed by atoms with Gasteiger partial charge in [0.25, 0.3) is 0 Å². The van der Waals surface area contributed by atoms with E-state index in [0.717, 1.165) is 31.3 Å². The summed E-state index contributed by atoms with van der Waals surface area (Å²) in [6.07, 6.45) is 14.0. The maximum Gasteiger partial charge on any atom is 0.223 e. The first-order valence-electron chi connectivity index (χ1n) is 12.5. The van der Waals surface area contributed by atoms with E-state index < -0.39 is 0 Å². The Morgan fingerprint density at radius 2 is 2.03 bits per heavy atom. The van der Waals surface area contributed by atoms with Crippen molar-refractivity contribution in [3.63, 3.8) is 0 Å². The number of likely N-dealkylation sites (tertiary alicyclic amines) is 1. The number of para-hydroxylation sites is 1. The van der Waals surface area contributed by atoms with Crippen LogP contribution < -0.4 is 0 Å². The zero-order valence-corrected chi connectivity index (χ0v) is 18.8. The molecule has 2 bridgehead atoms. The minimum atomic E-state index is 0.364. The van der Waals surface area contributed by atoms with Gasteiger partial charge in [-0.3, -0.25) is 9.69 Å². The number of nitrogens with zero attached hydrogens (tertiary/aromatic N) is 3. The van der Waals surface area contributed by atoms with Crippen molar-refractivity contribution >= 4 is 16.8 Å². The standard InChI is InChI=1S/C27H35N3O/c1-28-17-20(23-8-2-3-10-25(23)28)11-12-26(31)30-14-6-7-19-15-21-16-22(27(19)30)18-29-13-5-4-9-24(21)29/h2-3,8,10,15,17,21-22,24,27H,4-7,9,11-14,16,18H2,1H3/t21-,22+,24-,27-/m1/s1. The average molecular weight is 418 g/mol. The molecule has 0 unspecified atom stereocenters. The Hall–Kier alpha value is -2.07. The Bertz CT molecular complexity index is 1020. The fraction of sp³-hybridized carbons (Fsp3) is 0.593. The maximum absolute atomic E-state index is 13.5. The highest BCUT2D eigenvalue weighted by molar-refractivity contribution is 5.85. The number of amides is 1. The molecule has 4 heterocycles. The Balaban J connectivity index is 1.21. The maximum atomic E-state index is 13.5. The van der Waals surface area contributed by atoms with Crippen LogP contribution in [0.15, 0.2) is 42.1 Å². The van der Waals surface area contributed by atoms with E-state index in [-0.39, 0.29) is 0 Å². The molecular weight excluding hydrogens is 382 g/mol. The topological polar surface area (TPSA) is 28.5 Å². The molecular formula is C27H35N3O. The summed E-state index contributed by atoms with van der Waals surface area (Å²) in [4.78, 5) is 18.5. The molecule has 31 heavy (non-hydrogen) atoms. The second kappa shape index (κ2) is 7.81. The number of hydrogen-bond donors (Lipinski definition) is 0. The van der Waals surface area contributed by atoms with Crippen molar-refractivity contribution in [2.24, 2.45) is 18.9 Å². The van der Waals surface area contributed by atoms with E-state index in [9.17, 15) is 4.79 Å². The minimum absolute atomic E-state index is 0.364. The Morgan fingerprint density at radius 1 is 1.13 bits per heavy atom. The van der Waals surface area contributed by atoms with E-state index in [1.807, 2.05) is 0 Å². The van der Waals surface area contributed by atoms with Crippen LogP contribution in [-0.4, -0.2) is 52.0 Å². The zero-order chi connectivity index (χ0) is 20.9. The van der Waals surface area contributed by atoms with E-state index >= 15 is 0 Å². The third-order valence-electron chi connectivity index (χ3n) is 8.57. The van der Waals surface area contributed by atoms with Crippen LogP contribution >= 0.6 is 0 Å². The number of benzene rings is 1. The van der Waals surface area contributed by atoms with Gasteiger partial charge in [-0.05, 0) is 68.5 Å². The first-order chi connectivity index (χ1) is 15.2. The minimum Gasteiger partial charge on any atom is -0.350 e. The molecule has 0 N–H and O–H groups in total. The largest absolute Gasteiger partial charge is 0.350 e. The lowest BCUT2D eigenvalue weighted by molar-refractivity contribution is -0.136. The number of carbonyl (C=O) groups excluding carboxylic acids is 1. The van der Waals surface area contributed by atoms with Gasteiger partial charge < -0.3 is 9.47 Å². The lowest BCUT2D eigenvalue weighted by Crippen LogP contribution is -2.60. The van der Waals surface area contributed by atoms with Crippen LogP contribution in [0.5, 0.6) is 0 Å². The highest BCUT2D eigenvalue weighted by Gasteiger charge is 2.46. The molecule has 4 heteroatoms. The van der Waals surface area contributed by atoms with Gasteiger partial charge in [0.15, 0.2) is 0 Å². The second-order valence-corrected chi connectivity index (χ2v) is 10.4. The van der Waals surface area contributed by atoms with Crippen LogP contribution in [0.4, 0.5) is 0 Å². The number of piperidine rings is 3. The third kappa shape index (κ3) is 3.34. The van der Waals surface area contributed by atoms with Crippen molar-refractivity contribution in [2.45, 2.75) is 63.5 Å². The van der Waals surface area contributed by atoms with E-state index in [1.165, 1.54) is 61.7 Å². The molecule has 1 aliphatic carbocycles. The first kappa shape index (κ1) is 19.6. The quantitative estimate of drug-likeness (QED) is 0.687. The van der Waals surface area contributed by atoms with Crippen molar-refractivity contribution in [3.8, 4) is 0 Å². The Morgan fingerprint density at radius 3 is 2.97 bits per heavy atom. The summed E-state index contributed by atoms with van der Waals surface area (Å²) in [5.41, 5.74) is 4.15. The molecule has 3 fully saturated rings. The summed E-state index contributed by atoms with van der Waals surface area (Å²) >= 11 is 0. The smallest absolute Gasteiger partial charge is 0.223 e. The summed E-state index contributed by atoms with van der Waals surface area (Å²) < 4.78 is 2.19. The van der Waals surface area contributed by atoms with Crippen molar-refractivity contribution in [2.75, 3.05) is 19.6 Å². The van der Waals surface area contributed by atoms with Crippen LogP contribution in [0.1, 0.15) is 50.5 Å². The number of rotatable bonds is 3. The number of fused-ring (bicyclic) bond motifs is 7.